The highest BCUT2D eigenvalue weighted by Crippen LogP contribution is 2.18. The second kappa shape index (κ2) is 4.73. The fraction of sp³-hybridized carbons (Fsp3) is 0.273. The molecular formula is C11H12ClN5O. The van der Waals surface area contributed by atoms with Crippen LogP contribution < -0.4 is 5.32 Å². The molecule has 0 saturated heterocycles. The molecule has 0 aromatic carbocycles. The van der Waals surface area contributed by atoms with E-state index in [-0.39, 0.29) is 16.8 Å². The maximum absolute atomic E-state index is 11.9. The Balaban J connectivity index is 2.24. The molecule has 0 aliphatic heterocycles. The van der Waals surface area contributed by atoms with Crippen LogP contribution in [-0.4, -0.2) is 25.9 Å². The zero-order valence-corrected chi connectivity index (χ0v) is 11.0. The molecule has 2 aromatic rings. The average Bonchev–Trinajstić information content (AvgIpc) is 2.57. The molecule has 0 aliphatic carbocycles. The van der Waals surface area contributed by atoms with Crippen molar-refractivity contribution in [3.63, 3.8) is 0 Å². The molecule has 0 saturated carbocycles. The van der Waals surface area contributed by atoms with Gasteiger partial charge >= 0.3 is 0 Å². The summed E-state index contributed by atoms with van der Waals surface area (Å²) in [5.74, 6) is -0.335. The number of rotatable bonds is 2. The summed E-state index contributed by atoms with van der Waals surface area (Å²) in [5.41, 5.74) is 2.54. The monoisotopic (exact) mass is 265 g/mol. The topological polar surface area (TPSA) is 72.7 Å². The van der Waals surface area contributed by atoms with Crippen molar-refractivity contribution in [2.75, 3.05) is 5.32 Å². The van der Waals surface area contributed by atoms with Gasteiger partial charge in [-0.05, 0) is 26.0 Å². The highest BCUT2D eigenvalue weighted by Gasteiger charge is 2.14. The summed E-state index contributed by atoms with van der Waals surface area (Å²) < 4.78 is 1.71. The van der Waals surface area contributed by atoms with Crippen LogP contribution in [0.15, 0.2) is 12.1 Å². The molecule has 1 N–H and O–H groups in total. The summed E-state index contributed by atoms with van der Waals surface area (Å²) in [5, 5.41) is 14.6. The van der Waals surface area contributed by atoms with Crippen LogP contribution in [-0.2, 0) is 7.05 Å². The lowest BCUT2D eigenvalue weighted by Gasteiger charge is -2.04. The molecule has 1 amide bonds. The lowest BCUT2D eigenvalue weighted by Crippen LogP contribution is -2.15. The van der Waals surface area contributed by atoms with Crippen molar-refractivity contribution in [3.05, 3.63) is 34.4 Å². The Morgan fingerprint density at radius 2 is 2.06 bits per heavy atom. The molecule has 18 heavy (non-hydrogen) atoms. The maximum atomic E-state index is 11.9. The van der Waals surface area contributed by atoms with E-state index in [2.05, 4.69) is 20.6 Å². The SMILES string of the molecule is Cc1nn(C)c(C)c1NC(=O)c1ccc(Cl)nn1. The van der Waals surface area contributed by atoms with Crippen LogP contribution in [0.2, 0.25) is 5.15 Å². The number of amides is 1. The zero-order valence-electron chi connectivity index (χ0n) is 10.2. The Bertz CT molecular complexity index is 590. The summed E-state index contributed by atoms with van der Waals surface area (Å²) in [6.07, 6.45) is 0. The molecule has 0 atom stereocenters. The maximum Gasteiger partial charge on any atom is 0.276 e. The minimum absolute atomic E-state index is 0.210. The van der Waals surface area contributed by atoms with Crippen LogP contribution in [0.25, 0.3) is 0 Å². The highest BCUT2D eigenvalue weighted by atomic mass is 35.5. The summed E-state index contributed by atoms with van der Waals surface area (Å²) in [7, 11) is 1.82. The van der Waals surface area contributed by atoms with Gasteiger partial charge in [0.1, 0.15) is 0 Å². The van der Waals surface area contributed by atoms with E-state index in [1.807, 2.05) is 20.9 Å². The van der Waals surface area contributed by atoms with Gasteiger partial charge in [0.15, 0.2) is 10.8 Å². The first-order valence-corrected chi connectivity index (χ1v) is 5.67. The van der Waals surface area contributed by atoms with E-state index in [0.29, 0.717) is 5.69 Å². The number of aromatic nitrogens is 4. The summed E-state index contributed by atoms with van der Waals surface area (Å²) in [6.45, 7) is 3.71. The summed E-state index contributed by atoms with van der Waals surface area (Å²) in [6, 6.07) is 3.04. The molecule has 0 fully saturated rings. The second-order valence-electron chi connectivity index (χ2n) is 3.86. The van der Waals surface area contributed by atoms with Crippen molar-refractivity contribution in [1.29, 1.82) is 0 Å². The molecule has 6 nitrogen and oxygen atoms in total. The van der Waals surface area contributed by atoms with Gasteiger partial charge in [0.2, 0.25) is 0 Å². The van der Waals surface area contributed by atoms with Gasteiger partial charge in [0.05, 0.1) is 17.1 Å². The van der Waals surface area contributed by atoms with E-state index < -0.39 is 0 Å². The van der Waals surface area contributed by atoms with E-state index in [9.17, 15) is 4.79 Å². The standard InChI is InChI=1S/C11H12ClN5O/c1-6-10(7(2)17(3)16-6)13-11(18)8-4-5-9(12)15-14-8/h4-5H,1-3H3,(H,13,18). The van der Waals surface area contributed by atoms with Crippen LogP contribution in [0.1, 0.15) is 21.9 Å². The predicted octanol–water partition coefficient (Wildman–Crippen LogP) is 1.73. The number of hydrogen-bond acceptors (Lipinski definition) is 4. The number of halogens is 1. The summed E-state index contributed by atoms with van der Waals surface area (Å²) >= 11 is 5.61. The van der Waals surface area contributed by atoms with Crippen molar-refractivity contribution >= 4 is 23.2 Å². The van der Waals surface area contributed by atoms with Crippen molar-refractivity contribution < 1.29 is 4.79 Å². The number of anilines is 1. The van der Waals surface area contributed by atoms with Crippen molar-refractivity contribution in [3.8, 4) is 0 Å². The van der Waals surface area contributed by atoms with Gasteiger partial charge < -0.3 is 5.32 Å². The van der Waals surface area contributed by atoms with Crippen molar-refractivity contribution in [2.45, 2.75) is 13.8 Å². The Hall–Kier alpha value is -1.95. The molecule has 0 bridgehead atoms. The molecule has 94 valence electrons. The zero-order chi connectivity index (χ0) is 13.3. The van der Waals surface area contributed by atoms with Gasteiger partial charge in [-0.2, -0.15) is 5.10 Å². The molecule has 2 heterocycles. The number of carbonyl (C=O) groups is 1. The third kappa shape index (κ3) is 2.33. The predicted molar refractivity (Wildman–Crippen MR) is 67.7 cm³/mol. The molecule has 2 rings (SSSR count). The number of nitrogens with one attached hydrogen (secondary N) is 1. The number of hydrogen-bond donors (Lipinski definition) is 1. The van der Waals surface area contributed by atoms with E-state index in [1.54, 1.807) is 4.68 Å². The largest absolute Gasteiger partial charge is 0.317 e. The van der Waals surface area contributed by atoms with E-state index in [0.717, 1.165) is 11.4 Å². The third-order valence-electron chi connectivity index (χ3n) is 2.61. The van der Waals surface area contributed by atoms with Gasteiger partial charge in [-0.25, -0.2) is 0 Å². The average molecular weight is 266 g/mol. The molecule has 0 radical (unpaired) electrons. The van der Waals surface area contributed by atoms with E-state index >= 15 is 0 Å². The normalized spacial score (nSPS) is 10.4. The fourth-order valence-corrected chi connectivity index (χ4v) is 1.67. The van der Waals surface area contributed by atoms with E-state index in [1.165, 1.54) is 12.1 Å². The third-order valence-corrected chi connectivity index (χ3v) is 2.81. The van der Waals surface area contributed by atoms with Gasteiger partial charge in [-0.1, -0.05) is 11.6 Å². The lowest BCUT2D eigenvalue weighted by atomic mass is 10.3. The lowest BCUT2D eigenvalue weighted by molar-refractivity contribution is 0.102. The van der Waals surface area contributed by atoms with Crippen LogP contribution in [0, 0.1) is 13.8 Å². The van der Waals surface area contributed by atoms with Crippen molar-refractivity contribution in [1.82, 2.24) is 20.0 Å². The van der Waals surface area contributed by atoms with Gasteiger partial charge in [0, 0.05) is 7.05 Å². The molecule has 0 unspecified atom stereocenters. The van der Waals surface area contributed by atoms with Crippen LogP contribution >= 0.6 is 11.6 Å². The Morgan fingerprint density at radius 1 is 1.33 bits per heavy atom. The van der Waals surface area contributed by atoms with Gasteiger partial charge in [-0.3, -0.25) is 9.48 Å². The first-order valence-electron chi connectivity index (χ1n) is 5.30. The van der Waals surface area contributed by atoms with Crippen LogP contribution in [0.5, 0.6) is 0 Å². The highest BCUT2D eigenvalue weighted by molar-refractivity contribution is 6.29. The number of aryl methyl sites for hydroxylation is 2. The Morgan fingerprint density at radius 3 is 2.56 bits per heavy atom. The minimum atomic E-state index is -0.335. The Kier molecular flexibility index (Phi) is 3.29. The molecule has 0 spiro atoms. The minimum Gasteiger partial charge on any atom is -0.317 e. The smallest absolute Gasteiger partial charge is 0.276 e. The second-order valence-corrected chi connectivity index (χ2v) is 4.25. The molecular weight excluding hydrogens is 254 g/mol. The quantitative estimate of drug-likeness (QED) is 0.898. The first kappa shape index (κ1) is 12.5. The number of carbonyl (C=O) groups excluding carboxylic acids is 1. The van der Waals surface area contributed by atoms with Crippen molar-refractivity contribution in [2.24, 2.45) is 7.05 Å². The fourth-order valence-electron chi connectivity index (χ4n) is 1.57. The molecule has 7 heteroatoms. The Labute approximate surface area is 109 Å². The van der Waals surface area contributed by atoms with Gasteiger partial charge in [0.25, 0.3) is 5.91 Å². The van der Waals surface area contributed by atoms with Crippen LogP contribution in [0.4, 0.5) is 5.69 Å². The molecule has 2 aromatic heterocycles. The molecule has 0 aliphatic rings. The first-order chi connectivity index (χ1) is 8.49. The number of nitrogens with zero attached hydrogens (tertiary/aromatic N) is 4. The summed E-state index contributed by atoms with van der Waals surface area (Å²) in [4.78, 5) is 11.9. The van der Waals surface area contributed by atoms with Gasteiger partial charge in [-0.15, -0.1) is 10.2 Å². The van der Waals surface area contributed by atoms with Crippen LogP contribution in [0.3, 0.4) is 0 Å². The van der Waals surface area contributed by atoms with E-state index in [4.69, 9.17) is 11.6 Å².